The molecule has 1 aliphatic carbocycles. The molecule has 8 nitrogen and oxygen atoms in total. The molecule has 0 atom stereocenters. The van der Waals surface area contributed by atoms with Crippen LogP contribution in [-0.2, 0) is 9.84 Å². The van der Waals surface area contributed by atoms with Crippen molar-refractivity contribution >= 4 is 32.4 Å². The number of nitrogens with zero attached hydrogens (tertiary/aromatic N) is 5. The molecule has 0 bridgehead atoms. The Morgan fingerprint density at radius 2 is 1.79 bits per heavy atom. The summed E-state index contributed by atoms with van der Waals surface area (Å²) in [7, 11) is -1.22. The predicted molar refractivity (Wildman–Crippen MR) is 134 cm³/mol. The monoisotopic (exact) mass is 478 g/mol. The van der Waals surface area contributed by atoms with Crippen molar-refractivity contribution in [2.24, 2.45) is 0 Å². The number of fused-ring (bicyclic) bond motifs is 1. The van der Waals surface area contributed by atoms with Crippen LogP contribution in [0.25, 0.3) is 11.0 Å². The highest BCUT2D eigenvalue weighted by molar-refractivity contribution is 7.90. The summed E-state index contributed by atoms with van der Waals surface area (Å²) in [6.07, 6.45) is 5.29. The van der Waals surface area contributed by atoms with Gasteiger partial charge in [-0.2, -0.15) is 5.26 Å². The maximum absolute atomic E-state index is 11.9. The summed E-state index contributed by atoms with van der Waals surface area (Å²) in [4.78, 5) is 9.96. The van der Waals surface area contributed by atoms with Gasteiger partial charge >= 0.3 is 0 Å². The highest BCUT2D eigenvalue weighted by atomic mass is 32.2. The Kier molecular flexibility index (Phi) is 5.74. The van der Waals surface area contributed by atoms with Gasteiger partial charge in [-0.3, -0.25) is 0 Å². The van der Waals surface area contributed by atoms with E-state index in [2.05, 4.69) is 25.8 Å². The first-order valence-corrected chi connectivity index (χ1v) is 13.6. The van der Waals surface area contributed by atoms with Crippen LogP contribution in [0.3, 0.4) is 0 Å². The van der Waals surface area contributed by atoms with Crippen molar-refractivity contribution < 1.29 is 8.42 Å². The number of nitrogens with one attached hydrogen (secondary N) is 1. The standard InChI is InChI=1S/C25H30N6O2S/c1-17-12-21(34(3,32)33)4-6-23(17)29-8-10-30(11-9-29)24-7-5-22-18(15-26)16-31(25(22)28-24)20-13-19(14-20)27-2/h4-7,12,16,19-20,27H,8-11,13-14H2,1-3H3. The topological polar surface area (TPSA) is 94.3 Å². The smallest absolute Gasteiger partial charge is 0.175 e. The average Bonchev–Trinajstić information content (AvgIpc) is 3.15. The third-order valence-electron chi connectivity index (χ3n) is 7.24. The lowest BCUT2D eigenvalue weighted by Gasteiger charge is -2.38. The lowest BCUT2D eigenvalue weighted by atomic mass is 9.87. The fourth-order valence-electron chi connectivity index (χ4n) is 5.10. The van der Waals surface area contributed by atoms with E-state index in [0.717, 1.165) is 67.1 Å². The molecule has 0 amide bonds. The molecular formula is C25H30N6O2S. The zero-order valence-corrected chi connectivity index (χ0v) is 20.6. The Hall–Kier alpha value is -3.09. The zero-order valence-electron chi connectivity index (χ0n) is 19.8. The minimum atomic E-state index is -3.21. The molecule has 1 aromatic carbocycles. The Labute approximate surface area is 200 Å². The van der Waals surface area contributed by atoms with Crippen LogP contribution in [0.15, 0.2) is 41.4 Å². The molecular weight excluding hydrogens is 448 g/mol. The van der Waals surface area contributed by atoms with E-state index < -0.39 is 9.84 Å². The van der Waals surface area contributed by atoms with Gasteiger partial charge in [0.05, 0.1) is 10.5 Å². The van der Waals surface area contributed by atoms with Crippen LogP contribution in [0.2, 0.25) is 0 Å². The van der Waals surface area contributed by atoms with Crippen LogP contribution in [0.5, 0.6) is 0 Å². The van der Waals surface area contributed by atoms with Crippen molar-refractivity contribution in [1.82, 2.24) is 14.9 Å². The molecule has 1 saturated heterocycles. The first-order chi connectivity index (χ1) is 16.3. The molecule has 1 saturated carbocycles. The number of aromatic nitrogens is 2. The van der Waals surface area contributed by atoms with Crippen molar-refractivity contribution in [3.63, 3.8) is 0 Å². The lowest BCUT2D eigenvalue weighted by Crippen LogP contribution is -2.47. The van der Waals surface area contributed by atoms with Crippen LogP contribution >= 0.6 is 0 Å². The molecule has 2 aromatic heterocycles. The number of anilines is 2. The number of sulfone groups is 1. The Balaban J connectivity index is 1.35. The molecule has 2 aliphatic rings. The molecule has 2 fully saturated rings. The fourth-order valence-corrected chi connectivity index (χ4v) is 5.81. The number of hydrogen-bond acceptors (Lipinski definition) is 7. The molecule has 1 N–H and O–H groups in total. The van der Waals surface area contributed by atoms with Gasteiger partial charge in [-0.05, 0) is 62.7 Å². The van der Waals surface area contributed by atoms with E-state index in [-0.39, 0.29) is 0 Å². The normalized spacial score (nSPS) is 20.9. The Bertz CT molecular complexity index is 1380. The molecule has 1 aliphatic heterocycles. The molecule has 5 rings (SSSR count). The molecule has 34 heavy (non-hydrogen) atoms. The highest BCUT2D eigenvalue weighted by Gasteiger charge is 2.31. The van der Waals surface area contributed by atoms with Crippen LogP contribution in [0.4, 0.5) is 11.5 Å². The van der Waals surface area contributed by atoms with E-state index in [4.69, 9.17) is 4.98 Å². The molecule has 3 aromatic rings. The second-order valence-corrected chi connectivity index (χ2v) is 11.4. The van der Waals surface area contributed by atoms with E-state index in [1.54, 1.807) is 12.1 Å². The Morgan fingerprint density at radius 1 is 1.09 bits per heavy atom. The summed E-state index contributed by atoms with van der Waals surface area (Å²) >= 11 is 0. The molecule has 178 valence electrons. The average molecular weight is 479 g/mol. The van der Waals surface area contributed by atoms with E-state index >= 15 is 0 Å². The predicted octanol–water partition coefficient (Wildman–Crippen LogP) is 2.87. The number of nitriles is 1. The number of piperazine rings is 1. The van der Waals surface area contributed by atoms with E-state index in [1.807, 2.05) is 38.4 Å². The fraction of sp³-hybridized carbons (Fsp3) is 0.440. The summed E-state index contributed by atoms with van der Waals surface area (Å²) in [6, 6.07) is 12.6. The zero-order chi connectivity index (χ0) is 24.0. The lowest BCUT2D eigenvalue weighted by molar-refractivity contribution is 0.240. The summed E-state index contributed by atoms with van der Waals surface area (Å²) < 4.78 is 25.9. The van der Waals surface area contributed by atoms with Gasteiger partial charge in [0.15, 0.2) is 9.84 Å². The van der Waals surface area contributed by atoms with E-state index in [0.29, 0.717) is 22.5 Å². The molecule has 3 heterocycles. The van der Waals surface area contributed by atoms with Gasteiger partial charge in [-0.1, -0.05) is 0 Å². The number of hydrogen-bond donors (Lipinski definition) is 1. The maximum Gasteiger partial charge on any atom is 0.175 e. The largest absolute Gasteiger partial charge is 0.368 e. The van der Waals surface area contributed by atoms with Crippen molar-refractivity contribution in [1.29, 1.82) is 5.26 Å². The first kappa shape index (κ1) is 22.7. The molecule has 9 heteroatoms. The second-order valence-electron chi connectivity index (χ2n) is 9.41. The summed E-state index contributed by atoms with van der Waals surface area (Å²) in [5.41, 5.74) is 3.62. The van der Waals surface area contributed by atoms with Crippen LogP contribution in [-0.4, -0.2) is 63.5 Å². The van der Waals surface area contributed by atoms with Gasteiger partial charge in [0.25, 0.3) is 0 Å². The minimum Gasteiger partial charge on any atom is -0.368 e. The quantitative estimate of drug-likeness (QED) is 0.603. The van der Waals surface area contributed by atoms with Crippen molar-refractivity contribution in [3.8, 4) is 6.07 Å². The van der Waals surface area contributed by atoms with E-state index in [9.17, 15) is 13.7 Å². The third-order valence-corrected chi connectivity index (χ3v) is 8.35. The Morgan fingerprint density at radius 3 is 2.41 bits per heavy atom. The number of pyridine rings is 1. The van der Waals surface area contributed by atoms with Gasteiger partial charge < -0.3 is 19.7 Å². The van der Waals surface area contributed by atoms with Gasteiger partial charge in [0, 0.05) is 61.8 Å². The van der Waals surface area contributed by atoms with Gasteiger partial charge in [0.2, 0.25) is 0 Å². The second kappa shape index (κ2) is 8.60. The van der Waals surface area contributed by atoms with E-state index in [1.165, 1.54) is 6.26 Å². The van der Waals surface area contributed by atoms with Crippen LogP contribution in [0, 0.1) is 18.3 Å². The van der Waals surface area contributed by atoms with Crippen molar-refractivity contribution in [2.75, 3.05) is 49.3 Å². The summed E-state index contributed by atoms with van der Waals surface area (Å²) in [6.45, 7) is 5.27. The molecule has 0 radical (unpaired) electrons. The van der Waals surface area contributed by atoms with Gasteiger partial charge in [0.1, 0.15) is 17.5 Å². The third kappa shape index (κ3) is 4.01. The van der Waals surface area contributed by atoms with Crippen molar-refractivity contribution in [2.45, 2.75) is 36.7 Å². The summed E-state index contributed by atoms with van der Waals surface area (Å²) in [5, 5.41) is 13.8. The van der Waals surface area contributed by atoms with Gasteiger partial charge in [-0.15, -0.1) is 0 Å². The van der Waals surface area contributed by atoms with Crippen LogP contribution < -0.4 is 15.1 Å². The highest BCUT2D eigenvalue weighted by Crippen LogP contribution is 2.36. The SMILES string of the molecule is CNC1CC(n2cc(C#N)c3ccc(N4CCN(c5ccc(S(C)(=O)=O)cc5C)CC4)nc32)C1. The van der Waals surface area contributed by atoms with Gasteiger partial charge in [-0.25, -0.2) is 13.4 Å². The minimum absolute atomic E-state index is 0.358. The number of rotatable bonds is 5. The first-order valence-electron chi connectivity index (χ1n) is 11.7. The number of benzene rings is 1. The molecule has 0 spiro atoms. The van der Waals surface area contributed by atoms with Crippen molar-refractivity contribution in [3.05, 3.63) is 47.7 Å². The van der Waals surface area contributed by atoms with Crippen LogP contribution in [0.1, 0.15) is 30.0 Å². The summed E-state index contributed by atoms with van der Waals surface area (Å²) in [5.74, 6) is 0.935. The number of aryl methyl sites for hydroxylation is 1. The maximum atomic E-state index is 11.9. The molecule has 0 unspecified atom stereocenters.